The van der Waals surface area contributed by atoms with Gasteiger partial charge in [0.1, 0.15) is 23.4 Å². The molecule has 2 saturated heterocycles. The van der Waals surface area contributed by atoms with E-state index in [1.165, 1.54) is 22.1 Å². The Bertz CT molecular complexity index is 2010. The Morgan fingerprint density at radius 3 is 2.24 bits per heavy atom. The van der Waals surface area contributed by atoms with Gasteiger partial charge in [0.2, 0.25) is 11.8 Å². The van der Waals surface area contributed by atoms with Crippen LogP contribution in [-0.2, 0) is 16.1 Å². The number of imide groups is 1. The Balaban J connectivity index is 0.864. The molecule has 54 heavy (non-hydrogen) atoms. The third kappa shape index (κ3) is 8.19. The number of anilines is 1. The Morgan fingerprint density at radius 2 is 1.56 bits per heavy atom. The second-order valence-electron chi connectivity index (χ2n) is 14.2. The first kappa shape index (κ1) is 36.9. The van der Waals surface area contributed by atoms with E-state index < -0.39 is 23.7 Å². The number of ether oxygens (including phenoxy) is 1. The summed E-state index contributed by atoms with van der Waals surface area (Å²) in [6.45, 7) is 7.23. The van der Waals surface area contributed by atoms with Crippen LogP contribution in [-0.4, -0.2) is 78.0 Å². The van der Waals surface area contributed by atoms with Gasteiger partial charge in [0, 0.05) is 44.8 Å². The Morgan fingerprint density at radius 1 is 0.852 bits per heavy atom. The minimum Gasteiger partial charge on any atom is -0.508 e. The van der Waals surface area contributed by atoms with Crippen LogP contribution >= 0.6 is 0 Å². The summed E-state index contributed by atoms with van der Waals surface area (Å²) in [7, 11) is 0. The van der Waals surface area contributed by atoms with Crippen LogP contribution in [0.4, 0.5) is 10.1 Å². The number of benzene rings is 4. The highest BCUT2D eigenvalue weighted by atomic mass is 19.1. The summed E-state index contributed by atoms with van der Waals surface area (Å²) in [6.07, 6.45) is 4.35. The Hall–Kier alpha value is -5.48. The van der Waals surface area contributed by atoms with Crippen molar-refractivity contribution in [2.24, 2.45) is 0 Å². The minimum atomic E-state index is -0.763. The molecule has 0 aromatic heterocycles. The first-order valence-corrected chi connectivity index (χ1v) is 19.0. The number of fused-ring (bicyclic) bond motifs is 1. The van der Waals surface area contributed by atoms with E-state index >= 15 is 4.39 Å². The van der Waals surface area contributed by atoms with E-state index in [2.05, 4.69) is 58.4 Å². The van der Waals surface area contributed by atoms with Crippen LogP contribution in [0.1, 0.15) is 78.1 Å². The third-order valence-electron chi connectivity index (χ3n) is 10.8. The smallest absolute Gasteiger partial charge is 0.258 e. The second kappa shape index (κ2) is 16.7. The molecule has 9 nitrogen and oxygen atoms in total. The Labute approximate surface area is 316 Å². The summed E-state index contributed by atoms with van der Waals surface area (Å²) in [5.74, 6) is -0.812. The van der Waals surface area contributed by atoms with Crippen molar-refractivity contribution in [3.63, 3.8) is 0 Å². The van der Waals surface area contributed by atoms with Crippen LogP contribution in [0.2, 0.25) is 0 Å². The monoisotopic (exact) mass is 730 g/mol. The number of halogens is 1. The van der Waals surface area contributed by atoms with Gasteiger partial charge in [-0.3, -0.25) is 24.6 Å². The molecule has 0 aliphatic carbocycles. The molecule has 10 heteroatoms. The lowest BCUT2D eigenvalue weighted by Crippen LogP contribution is -2.52. The molecule has 3 heterocycles. The fraction of sp³-hybridized carbons (Fsp3) is 0.341. The van der Waals surface area contributed by atoms with E-state index in [0.717, 1.165) is 86.5 Å². The zero-order valence-electron chi connectivity index (χ0n) is 30.7. The predicted octanol–water partition coefficient (Wildman–Crippen LogP) is 7.03. The van der Waals surface area contributed by atoms with Crippen LogP contribution in [0, 0.1) is 5.82 Å². The fourth-order valence-electron chi connectivity index (χ4n) is 7.88. The second-order valence-corrected chi connectivity index (χ2v) is 14.2. The molecule has 1 unspecified atom stereocenters. The normalized spacial score (nSPS) is 18.0. The molecule has 0 bridgehead atoms. The van der Waals surface area contributed by atoms with E-state index in [1.807, 2.05) is 36.4 Å². The van der Waals surface area contributed by atoms with Crippen molar-refractivity contribution in [1.82, 2.24) is 15.1 Å². The number of piperazine rings is 1. The number of unbranched alkanes of at least 4 members (excludes halogenated alkanes) is 2. The van der Waals surface area contributed by atoms with Gasteiger partial charge in [0.05, 0.1) is 12.2 Å². The number of hydrogen-bond acceptors (Lipinski definition) is 7. The Kier molecular flexibility index (Phi) is 11.4. The first-order chi connectivity index (χ1) is 26.3. The number of aromatic hydroxyl groups is 1. The lowest BCUT2D eigenvalue weighted by molar-refractivity contribution is -0.136. The zero-order valence-corrected chi connectivity index (χ0v) is 30.7. The molecule has 7 rings (SSSR count). The highest BCUT2D eigenvalue weighted by Crippen LogP contribution is 2.36. The van der Waals surface area contributed by atoms with Crippen LogP contribution < -0.4 is 15.0 Å². The summed E-state index contributed by atoms with van der Waals surface area (Å²) in [4.78, 5) is 43.0. The number of allylic oxidation sites excluding steroid dienone is 1. The molecule has 3 aliphatic rings. The number of nitrogens with zero attached hydrogens (tertiary/aromatic N) is 3. The van der Waals surface area contributed by atoms with E-state index in [9.17, 15) is 19.5 Å². The van der Waals surface area contributed by atoms with E-state index in [-0.39, 0.29) is 36.6 Å². The van der Waals surface area contributed by atoms with Gasteiger partial charge in [0.25, 0.3) is 5.91 Å². The molecule has 2 N–H and O–H groups in total. The molecule has 3 amide bonds. The highest BCUT2D eigenvalue weighted by Gasteiger charge is 2.41. The topological polar surface area (TPSA) is 102 Å². The number of amides is 3. The standard InChI is InChI=1S/C44H47FN4O5/c1-2-37(30-9-5-3-6-10-30)41(31-11-15-35(50)16-12-31)32-13-17-36(18-14-32)54-26-8-4-7-21-47-22-24-48(25-23-47)34-27-33-29-49(44(53)42(33)38(45)28-34)39-19-20-40(51)46-43(39)52/h3,5-6,9-18,27-28,39,50H,2,4,7-8,19-26,29H2,1H3,(H,46,51,52)/b41-37-. The summed E-state index contributed by atoms with van der Waals surface area (Å²) < 4.78 is 21.4. The SMILES string of the molecule is CC/C(=C(\c1ccc(O)cc1)c1ccc(OCCCCCN2CCN(c3cc(F)c4c(c3)CN(C3CCC(=O)NC3=O)C4=O)CC2)cc1)c1ccccc1. The zero-order chi connectivity index (χ0) is 37.6. The van der Waals surface area contributed by atoms with Gasteiger partial charge in [-0.25, -0.2) is 4.39 Å². The maximum Gasteiger partial charge on any atom is 0.258 e. The van der Waals surface area contributed by atoms with Gasteiger partial charge in [-0.15, -0.1) is 0 Å². The fourth-order valence-corrected chi connectivity index (χ4v) is 7.88. The number of carbonyl (C=O) groups is 3. The molecule has 2 fully saturated rings. The van der Waals surface area contributed by atoms with Crippen molar-refractivity contribution in [3.8, 4) is 11.5 Å². The molecule has 4 aromatic rings. The average Bonchev–Trinajstić information content (AvgIpc) is 3.52. The quantitative estimate of drug-likeness (QED) is 0.0866. The number of carbonyl (C=O) groups excluding carboxylic acids is 3. The van der Waals surface area contributed by atoms with E-state index in [1.54, 1.807) is 12.1 Å². The number of piperidine rings is 1. The van der Waals surface area contributed by atoms with Gasteiger partial charge in [-0.1, -0.05) is 61.5 Å². The number of hydrogen-bond donors (Lipinski definition) is 2. The molecular weight excluding hydrogens is 684 g/mol. The number of nitrogens with one attached hydrogen (secondary N) is 1. The highest BCUT2D eigenvalue weighted by molar-refractivity contribution is 6.05. The van der Waals surface area contributed by atoms with Gasteiger partial charge in [0.15, 0.2) is 0 Å². The summed E-state index contributed by atoms with van der Waals surface area (Å²) in [6, 6.07) is 28.7. The van der Waals surface area contributed by atoms with Gasteiger partial charge in [-0.05, 0) is 108 Å². The van der Waals surface area contributed by atoms with Crippen LogP contribution in [0.25, 0.3) is 11.1 Å². The summed E-state index contributed by atoms with van der Waals surface area (Å²) in [5, 5.41) is 12.2. The van der Waals surface area contributed by atoms with Crippen molar-refractivity contribution in [3.05, 3.63) is 125 Å². The van der Waals surface area contributed by atoms with Gasteiger partial charge >= 0.3 is 0 Å². The first-order valence-electron chi connectivity index (χ1n) is 19.0. The lowest BCUT2D eigenvalue weighted by Gasteiger charge is -2.36. The molecule has 1 atom stereocenters. The van der Waals surface area contributed by atoms with Crippen molar-refractivity contribution in [2.45, 2.75) is 58.0 Å². The average molecular weight is 731 g/mol. The maximum atomic E-state index is 15.3. The predicted molar refractivity (Wildman–Crippen MR) is 208 cm³/mol. The number of phenols is 1. The van der Waals surface area contributed by atoms with Crippen molar-refractivity contribution in [1.29, 1.82) is 0 Å². The summed E-state index contributed by atoms with van der Waals surface area (Å²) in [5.41, 5.74) is 7.09. The van der Waals surface area contributed by atoms with Crippen molar-refractivity contribution < 1.29 is 28.6 Å². The summed E-state index contributed by atoms with van der Waals surface area (Å²) >= 11 is 0. The van der Waals surface area contributed by atoms with E-state index in [4.69, 9.17) is 4.74 Å². The molecule has 0 saturated carbocycles. The third-order valence-corrected chi connectivity index (χ3v) is 10.8. The number of phenolic OH excluding ortho intramolecular Hbond substituents is 1. The number of rotatable bonds is 13. The maximum absolute atomic E-state index is 15.3. The van der Waals surface area contributed by atoms with Gasteiger partial charge < -0.3 is 19.6 Å². The van der Waals surface area contributed by atoms with Crippen molar-refractivity contribution >= 4 is 34.6 Å². The minimum absolute atomic E-state index is 0.0318. The van der Waals surface area contributed by atoms with E-state index in [0.29, 0.717) is 12.2 Å². The van der Waals surface area contributed by atoms with Gasteiger partial charge in [-0.2, -0.15) is 0 Å². The molecule has 4 aromatic carbocycles. The lowest BCUT2D eigenvalue weighted by atomic mass is 9.88. The molecule has 0 spiro atoms. The molecule has 280 valence electrons. The van der Waals surface area contributed by atoms with Crippen LogP contribution in [0.3, 0.4) is 0 Å². The molecule has 3 aliphatic heterocycles. The molecular formula is C44H47FN4O5. The largest absolute Gasteiger partial charge is 0.508 e. The van der Waals surface area contributed by atoms with Crippen molar-refractivity contribution in [2.75, 3.05) is 44.2 Å². The van der Waals surface area contributed by atoms with Crippen LogP contribution in [0.5, 0.6) is 11.5 Å². The molecule has 0 radical (unpaired) electrons. The van der Waals surface area contributed by atoms with Crippen LogP contribution in [0.15, 0.2) is 91.0 Å².